The average molecular weight is 152 g/mol. The Morgan fingerprint density at radius 2 is 2.55 bits per heavy atom. The third-order valence-corrected chi connectivity index (χ3v) is 2.49. The lowest BCUT2D eigenvalue weighted by Gasteiger charge is -2.23. The Bertz CT molecular complexity index is 214. The number of carbonyl (C=O) groups excluding carboxylic acids is 1. The van der Waals surface area contributed by atoms with E-state index < -0.39 is 11.5 Å². The minimum Gasteiger partial charge on any atom is -0.392 e. The Balaban J connectivity index is 2.81. The summed E-state index contributed by atoms with van der Waals surface area (Å²) in [4.78, 5) is 11.2. The molecule has 0 radical (unpaired) electrons. The maximum Gasteiger partial charge on any atom is 0.142 e. The summed E-state index contributed by atoms with van der Waals surface area (Å²) in [5.41, 5.74) is -0.658. The van der Waals surface area contributed by atoms with Crippen LogP contribution in [0.25, 0.3) is 0 Å². The molecule has 1 N–H and O–H groups in total. The van der Waals surface area contributed by atoms with Crippen molar-refractivity contribution in [1.82, 2.24) is 0 Å². The molecule has 0 bridgehead atoms. The first-order chi connectivity index (χ1) is 5.11. The molecule has 0 aromatic heterocycles. The van der Waals surface area contributed by atoms with E-state index in [9.17, 15) is 9.90 Å². The van der Waals surface area contributed by atoms with Crippen molar-refractivity contribution in [3.05, 3.63) is 0 Å². The molecule has 0 aromatic carbocycles. The van der Waals surface area contributed by atoms with Gasteiger partial charge >= 0.3 is 0 Å². The van der Waals surface area contributed by atoms with E-state index in [2.05, 4.69) is 5.92 Å². The Kier molecular flexibility index (Phi) is 2.01. The number of hydrogen-bond donors (Lipinski definition) is 1. The molecule has 2 nitrogen and oxygen atoms in total. The number of aliphatic hydroxyl groups is 1. The van der Waals surface area contributed by atoms with Gasteiger partial charge < -0.3 is 5.11 Å². The SMILES string of the molecule is C#CC[C@]1(C)C(=O)CC[C@H]1O. The van der Waals surface area contributed by atoms with Gasteiger partial charge in [0.05, 0.1) is 11.5 Å². The number of rotatable bonds is 1. The van der Waals surface area contributed by atoms with Crippen molar-refractivity contribution in [2.45, 2.75) is 32.3 Å². The van der Waals surface area contributed by atoms with Crippen LogP contribution in [0.1, 0.15) is 26.2 Å². The fraction of sp³-hybridized carbons (Fsp3) is 0.667. The summed E-state index contributed by atoms with van der Waals surface area (Å²) in [5, 5.41) is 9.43. The second-order valence-corrected chi connectivity index (χ2v) is 3.28. The fourth-order valence-corrected chi connectivity index (χ4v) is 1.49. The lowest BCUT2D eigenvalue weighted by atomic mass is 9.82. The van der Waals surface area contributed by atoms with Gasteiger partial charge in [-0.25, -0.2) is 0 Å². The molecular formula is C9H12O2. The summed E-state index contributed by atoms with van der Waals surface area (Å²) in [6.07, 6.45) is 5.96. The standard InChI is InChI=1S/C9H12O2/c1-3-6-9(2)7(10)4-5-8(9)11/h1,7,10H,4-6H2,2H3/t7-,9+/m1/s1. The van der Waals surface area contributed by atoms with E-state index >= 15 is 0 Å². The summed E-state index contributed by atoms with van der Waals surface area (Å²) in [7, 11) is 0. The summed E-state index contributed by atoms with van der Waals surface area (Å²) in [5.74, 6) is 2.53. The largest absolute Gasteiger partial charge is 0.392 e. The minimum atomic E-state index is -0.658. The predicted octanol–water partition coefficient (Wildman–Crippen LogP) is 0.740. The van der Waals surface area contributed by atoms with Crippen molar-refractivity contribution >= 4 is 5.78 Å². The average Bonchev–Trinajstić information content (AvgIpc) is 2.19. The highest BCUT2D eigenvalue weighted by Crippen LogP contribution is 2.37. The highest BCUT2D eigenvalue weighted by molar-refractivity contribution is 5.87. The molecule has 0 unspecified atom stereocenters. The molecule has 0 amide bonds. The second-order valence-electron chi connectivity index (χ2n) is 3.28. The van der Waals surface area contributed by atoms with Gasteiger partial charge in [0.1, 0.15) is 5.78 Å². The fourth-order valence-electron chi connectivity index (χ4n) is 1.49. The van der Waals surface area contributed by atoms with E-state index in [-0.39, 0.29) is 5.78 Å². The molecule has 1 fully saturated rings. The number of carbonyl (C=O) groups is 1. The predicted molar refractivity (Wildman–Crippen MR) is 41.8 cm³/mol. The third-order valence-electron chi connectivity index (χ3n) is 2.49. The van der Waals surface area contributed by atoms with Crippen LogP contribution in [-0.4, -0.2) is 17.0 Å². The monoisotopic (exact) mass is 152 g/mol. The summed E-state index contributed by atoms with van der Waals surface area (Å²) in [6, 6.07) is 0. The lowest BCUT2D eigenvalue weighted by molar-refractivity contribution is -0.127. The zero-order valence-corrected chi connectivity index (χ0v) is 6.63. The van der Waals surface area contributed by atoms with Crippen LogP contribution in [0.2, 0.25) is 0 Å². The van der Waals surface area contributed by atoms with Crippen LogP contribution in [-0.2, 0) is 4.79 Å². The van der Waals surface area contributed by atoms with Crippen molar-refractivity contribution in [3.8, 4) is 12.3 Å². The normalized spacial score (nSPS) is 37.2. The summed E-state index contributed by atoms with van der Waals surface area (Å²) < 4.78 is 0. The molecule has 2 heteroatoms. The molecular weight excluding hydrogens is 140 g/mol. The molecule has 1 saturated carbocycles. The number of Topliss-reactive ketones (excluding diaryl/α,β-unsaturated/α-hetero) is 1. The molecule has 2 atom stereocenters. The first kappa shape index (κ1) is 8.29. The number of aliphatic hydroxyl groups excluding tert-OH is 1. The molecule has 1 aliphatic rings. The minimum absolute atomic E-state index is 0.1000. The van der Waals surface area contributed by atoms with E-state index in [1.54, 1.807) is 6.92 Å². The Morgan fingerprint density at radius 3 is 2.91 bits per heavy atom. The van der Waals surface area contributed by atoms with Crippen LogP contribution in [0.4, 0.5) is 0 Å². The summed E-state index contributed by atoms with van der Waals surface area (Å²) >= 11 is 0. The van der Waals surface area contributed by atoms with Gasteiger partial charge in [-0.05, 0) is 13.3 Å². The second kappa shape index (κ2) is 2.67. The van der Waals surface area contributed by atoms with Gasteiger partial charge in [-0.3, -0.25) is 4.79 Å². The number of ketones is 1. The van der Waals surface area contributed by atoms with Crippen molar-refractivity contribution in [1.29, 1.82) is 0 Å². The van der Waals surface area contributed by atoms with Gasteiger partial charge in [0.2, 0.25) is 0 Å². The van der Waals surface area contributed by atoms with Crippen molar-refractivity contribution in [2.75, 3.05) is 0 Å². The molecule has 11 heavy (non-hydrogen) atoms. The maximum absolute atomic E-state index is 11.2. The quantitative estimate of drug-likeness (QED) is 0.563. The van der Waals surface area contributed by atoms with Gasteiger partial charge in [-0.1, -0.05) is 0 Å². The zero-order valence-electron chi connectivity index (χ0n) is 6.63. The van der Waals surface area contributed by atoms with Gasteiger partial charge in [-0.2, -0.15) is 0 Å². The maximum atomic E-state index is 11.2. The highest BCUT2D eigenvalue weighted by Gasteiger charge is 2.44. The third kappa shape index (κ3) is 1.17. The first-order valence-electron chi connectivity index (χ1n) is 3.76. The molecule has 0 saturated heterocycles. The van der Waals surface area contributed by atoms with Crippen molar-refractivity contribution in [3.63, 3.8) is 0 Å². The van der Waals surface area contributed by atoms with Crippen LogP contribution >= 0.6 is 0 Å². The van der Waals surface area contributed by atoms with Crippen molar-refractivity contribution in [2.24, 2.45) is 5.41 Å². The molecule has 0 aliphatic heterocycles. The highest BCUT2D eigenvalue weighted by atomic mass is 16.3. The molecule has 0 aromatic rings. The van der Waals surface area contributed by atoms with Gasteiger partial charge in [0.15, 0.2) is 0 Å². The van der Waals surface area contributed by atoms with Gasteiger partial charge in [0, 0.05) is 12.8 Å². The van der Waals surface area contributed by atoms with Crippen LogP contribution in [0, 0.1) is 17.8 Å². The van der Waals surface area contributed by atoms with E-state index in [0.29, 0.717) is 19.3 Å². The van der Waals surface area contributed by atoms with Crippen LogP contribution in [0.3, 0.4) is 0 Å². The van der Waals surface area contributed by atoms with Crippen molar-refractivity contribution < 1.29 is 9.90 Å². The molecule has 0 spiro atoms. The van der Waals surface area contributed by atoms with Crippen LogP contribution < -0.4 is 0 Å². The zero-order chi connectivity index (χ0) is 8.48. The van der Waals surface area contributed by atoms with E-state index in [4.69, 9.17) is 6.42 Å². The van der Waals surface area contributed by atoms with Crippen LogP contribution in [0.5, 0.6) is 0 Å². The summed E-state index contributed by atoms with van der Waals surface area (Å²) in [6.45, 7) is 1.74. The number of hydrogen-bond acceptors (Lipinski definition) is 2. The smallest absolute Gasteiger partial charge is 0.142 e. The van der Waals surface area contributed by atoms with E-state index in [1.165, 1.54) is 0 Å². The lowest BCUT2D eigenvalue weighted by Crippen LogP contribution is -2.32. The van der Waals surface area contributed by atoms with E-state index in [0.717, 1.165) is 0 Å². The Labute approximate surface area is 66.6 Å². The van der Waals surface area contributed by atoms with Gasteiger partial charge in [-0.15, -0.1) is 12.3 Å². The number of terminal acetylenes is 1. The molecule has 60 valence electrons. The first-order valence-corrected chi connectivity index (χ1v) is 3.76. The molecule has 1 rings (SSSR count). The Hall–Kier alpha value is -0.810. The molecule has 0 heterocycles. The van der Waals surface area contributed by atoms with Crippen LogP contribution in [0.15, 0.2) is 0 Å². The topological polar surface area (TPSA) is 37.3 Å². The van der Waals surface area contributed by atoms with Gasteiger partial charge in [0.25, 0.3) is 0 Å². The Morgan fingerprint density at radius 1 is 1.91 bits per heavy atom. The van der Waals surface area contributed by atoms with E-state index in [1.807, 2.05) is 0 Å². The molecule has 1 aliphatic carbocycles.